The highest BCUT2D eigenvalue weighted by Gasteiger charge is 2.16. The van der Waals surface area contributed by atoms with Gasteiger partial charge in [0.1, 0.15) is 0 Å². The summed E-state index contributed by atoms with van der Waals surface area (Å²) in [6.07, 6.45) is 3.41. The molecule has 1 amide bonds. The fraction of sp³-hybridized carbons (Fsp3) is 0.588. The van der Waals surface area contributed by atoms with Crippen LogP contribution in [0.5, 0.6) is 0 Å². The second kappa shape index (κ2) is 8.80. The van der Waals surface area contributed by atoms with Crippen molar-refractivity contribution in [2.24, 2.45) is 5.92 Å². The first-order valence-electron chi connectivity index (χ1n) is 7.94. The van der Waals surface area contributed by atoms with Crippen LogP contribution in [0.1, 0.15) is 18.4 Å². The molecule has 1 atom stereocenters. The number of amides is 1. The van der Waals surface area contributed by atoms with Crippen molar-refractivity contribution < 1.29 is 4.79 Å². The monoisotopic (exact) mass is 289 g/mol. The molecule has 1 aliphatic rings. The van der Waals surface area contributed by atoms with E-state index in [9.17, 15) is 4.79 Å². The van der Waals surface area contributed by atoms with Gasteiger partial charge >= 0.3 is 0 Å². The van der Waals surface area contributed by atoms with E-state index in [1.807, 2.05) is 25.2 Å². The van der Waals surface area contributed by atoms with Crippen molar-refractivity contribution in [1.29, 1.82) is 0 Å². The summed E-state index contributed by atoms with van der Waals surface area (Å²) in [7, 11) is 2.03. The van der Waals surface area contributed by atoms with Crippen LogP contribution in [0.2, 0.25) is 0 Å². The Morgan fingerprint density at radius 1 is 1.38 bits per heavy atom. The highest BCUT2D eigenvalue weighted by atomic mass is 16.2. The number of hydrogen-bond donors (Lipinski definition) is 2. The molecular weight excluding hydrogens is 262 g/mol. The fourth-order valence-corrected chi connectivity index (χ4v) is 2.88. The number of nitrogens with one attached hydrogen (secondary N) is 2. The summed E-state index contributed by atoms with van der Waals surface area (Å²) in [6.45, 7) is 4.42. The van der Waals surface area contributed by atoms with Crippen LogP contribution in [0.4, 0.5) is 0 Å². The number of likely N-dealkylation sites (N-methyl/N-ethyl adjacent to an activating group) is 1. The Morgan fingerprint density at radius 2 is 2.19 bits per heavy atom. The van der Waals surface area contributed by atoms with Gasteiger partial charge < -0.3 is 10.6 Å². The molecule has 21 heavy (non-hydrogen) atoms. The van der Waals surface area contributed by atoms with Gasteiger partial charge in [-0.1, -0.05) is 30.3 Å². The average Bonchev–Trinajstić information content (AvgIpc) is 2.49. The summed E-state index contributed by atoms with van der Waals surface area (Å²) in [6, 6.07) is 10.3. The van der Waals surface area contributed by atoms with E-state index in [1.165, 1.54) is 18.4 Å². The Morgan fingerprint density at radius 3 is 2.90 bits per heavy atom. The van der Waals surface area contributed by atoms with Gasteiger partial charge in [-0.2, -0.15) is 0 Å². The number of nitrogens with zero attached hydrogens (tertiary/aromatic N) is 1. The van der Waals surface area contributed by atoms with Crippen LogP contribution in [0.15, 0.2) is 30.3 Å². The quantitative estimate of drug-likeness (QED) is 0.795. The van der Waals surface area contributed by atoms with Gasteiger partial charge in [-0.15, -0.1) is 0 Å². The highest BCUT2D eigenvalue weighted by molar-refractivity contribution is 5.77. The minimum Gasteiger partial charge on any atom is -0.355 e. The Kier molecular flexibility index (Phi) is 6.70. The molecule has 4 heteroatoms. The zero-order valence-electron chi connectivity index (χ0n) is 13.0. The van der Waals surface area contributed by atoms with Gasteiger partial charge in [0.15, 0.2) is 0 Å². The lowest BCUT2D eigenvalue weighted by Crippen LogP contribution is -2.41. The predicted molar refractivity (Wildman–Crippen MR) is 86.2 cm³/mol. The summed E-state index contributed by atoms with van der Waals surface area (Å²) in [5, 5.41) is 6.42. The lowest BCUT2D eigenvalue weighted by Gasteiger charge is -2.27. The summed E-state index contributed by atoms with van der Waals surface area (Å²) in [5.41, 5.74) is 1.26. The SMILES string of the molecule is CN(CC(=O)NCCc1ccccc1)CC1CCCNC1. The van der Waals surface area contributed by atoms with E-state index in [2.05, 4.69) is 27.7 Å². The molecule has 1 unspecified atom stereocenters. The molecule has 0 aromatic heterocycles. The van der Waals surface area contributed by atoms with Crippen LogP contribution in [0.3, 0.4) is 0 Å². The maximum atomic E-state index is 11.9. The number of hydrogen-bond acceptors (Lipinski definition) is 3. The maximum absolute atomic E-state index is 11.9. The van der Waals surface area contributed by atoms with Gasteiger partial charge in [0.2, 0.25) is 5.91 Å². The molecule has 1 saturated heterocycles. The van der Waals surface area contributed by atoms with Crippen LogP contribution >= 0.6 is 0 Å². The van der Waals surface area contributed by atoms with Crippen LogP contribution in [-0.2, 0) is 11.2 Å². The molecule has 0 spiro atoms. The third-order valence-corrected chi connectivity index (χ3v) is 3.96. The van der Waals surface area contributed by atoms with Crippen molar-refractivity contribution in [2.45, 2.75) is 19.3 Å². The van der Waals surface area contributed by atoms with Gasteiger partial charge in [-0.05, 0) is 50.9 Å². The number of carbonyl (C=O) groups is 1. The molecule has 2 N–H and O–H groups in total. The van der Waals surface area contributed by atoms with E-state index in [0.717, 1.165) is 26.1 Å². The van der Waals surface area contributed by atoms with Crippen molar-refractivity contribution in [3.8, 4) is 0 Å². The topological polar surface area (TPSA) is 44.4 Å². The molecular formula is C17H27N3O. The van der Waals surface area contributed by atoms with E-state index in [4.69, 9.17) is 0 Å². The van der Waals surface area contributed by atoms with Crippen molar-refractivity contribution >= 4 is 5.91 Å². The second-order valence-corrected chi connectivity index (χ2v) is 5.99. The van der Waals surface area contributed by atoms with Crippen molar-refractivity contribution in [2.75, 3.05) is 39.8 Å². The number of rotatable bonds is 7. The molecule has 0 radical (unpaired) electrons. The molecule has 116 valence electrons. The standard InChI is InChI=1S/C17H27N3O/c1-20(13-16-8-5-10-18-12-16)14-17(21)19-11-9-15-6-3-2-4-7-15/h2-4,6-7,16,18H,5,8-14H2,1H3,(H,19,21). The molecule has 2 rings (SSSR count). The van der Waals surface area contributed by atoms with Gasteiger partial charge in [0, 0.05) is 13.1 Å². The Labute approximate surface area is 127 Å². The van der Waals surface area contributed by atoms with Crippen LogP contribution in [-0.4, -0.2) is 50.6 Å². The zero-order valence-corrected chi connectivity index (χ0v) is 13.0. The molecule has 0 bridgehead atoms. The molecule has 1 aromatic rings. The van der Waals surface area contributed by atoms with E-state index < -0.39 is 0 Å². The number of benzene rings is 1. The van der Waals surface area contributed by atoms with E-state index >= 15 is 0 Å². The minimum atomic E-state index is 0.122. The lowest BCUT2D eigenvalue weighted by atomic mass is 9.99. The first-order chi connectivity index (χ1) is 10.2. The molecule has 4 nitrogen and oxygen atoms in total. The van der Waals surface area contributed by atoms with Gasteiger partial charge in [-0.3, -0.25) is 9.69 Å². The van der Waals surface area contributed by atoms with E-state index in [1.54, 1.807) is 0 Å². The van der Waals surface area contributed by atoms with Crippen molar-refractivity contribution in [3.05, 3.63) is 35.9 Å². The van der Waals surface area contributed by atoms with Gasteiger partial charge in [-0.25, -0.2) is 0 Å². The first kappa shape index (κ1) is 16.0. The van der Waals surface area contributed by atoms with Crippen molar-refractivity contribution in [1.82, 2.24) is 15.5 Å². The Balaban J connectivity index is 1.60. The third-order valence-electron chi connectivity index (χ3n) is 3.96. The summed E-state index contributed by atoms with van der Waals surface area (Å²) < 4.78 is 0. The Bertz CT molecular complexity index is 415. The van der Waals surface area contributed by atoms with Crippen LogP contribution in [0, 0.1) is 5.92 Å². The molecule has 0 saturated carbocycles. The predicted octanol–water partition coefficient (Wildman–Crippen LogP) is 1.28. The fourth-order valence-electron chi connectivity index (χ4n) is 2.88. The van der Waals surface area contributed by atoms with Gasteiger partial charge in [0.25, 0.3) is 0 Å². The molecule has 1 aliphatic heterocycles. The molecule has 1 fully saturated rings. The average molecular weight is 289 g/mol. The highest BCUT2D eigenvalue weighted by Crippen LogP contribution is 2.10. The number of carbonyl (C=O) groups excluding carboxylic acids is 1. The minimum absolute atomic E-state index is 0.122. The van der Waals surface area contributed by atoms with Gasteiger partial charge in [0.05, 0.1) is 6.54 Å². The smallest absolute Gasteiger partial charge is 0.234 e. The Hall–Kier alpha value is -1.39. The summed E-state index contributed by atoms with van der Waals surface area (Å²) >= 11 is 0. The lowest BCUT2D eigenvalue weighted by molar-refractivity contribution is -0.122. The van der Waals surface area contributed by atoms with E-state index in [-0.39, 0.29) is 5.91 Å². The number of piperidine rings is 1. The van der Waals surface area contributed by atoms with Crippen molar-refractivity contribution in [3.63, 3.8) is 0 Å². The second-order valence-electron chi connectivity index (χ2n) is 5.99. The normalized spacial score (nSPS) is 18.7. The summed E-state index contributed by atoms with van der Waals surface area (Å²) in [5.74, 6) is 0.804. The molecule has 1 aromatic carbocycles. The molecule has 1 heterocycles. The van der Waals surface area contributed by atoms with Crippen LogP contribution < -0.4 is 10.6 Å². The molecule has 0 aliphatic carbocycles. The third kappa shape index (κ3) is 6.27. The first-order valence-corrected chi connectivity index (χ1v) is 7.94. The van der Waals surface area contributed by atoms with E-state index in [0.29, 0.717) is 19.0 Å². The zero-order chi connectivity index (χ0) is 14.9. The largest absolute Gasteiger partial charge is 0.355 e. The summed E-state index contributed by atoms with van der Waals surface area (Å²) in [4.78, 5) is 14.1. The van der Waals surface area contributed by atoms with Crippen LogP contribution in [0.25, 0.3) is 0 Å². The maximum Gasteiger partial charge on any atom is 0.234 e.